The molecule has 0 aromatic heterocycles. The molecule has 6 nitrogen and oxygen atoms in total. The van der Waals surface area contributed by atoms with Gasteiger partial charge < -0.3 is 16.0 Å². The van der Waals surface area contributed by atoms with Gasteiger partial charge in [-0.1, -0.05) is 12.1 Å². The second-order valence-electron chi connectivity index (χ2n) is 6.27. The van der Waals surface area contributed by atoms with Crippen LogP contribution in [0.15, 0.2) is 47.4 Å². The van der Waals surface area contributed by atoms with E-state index in [1.54, 1.807) is 36.0 Å². The van der Waals surface area contributed by atoms with Crippen molar-refractivity contribution in [2.75, 3.05) is 24.2 Å². The molecule has 0 unspecified atom stereocenters. The molecule has 0 aliphatic carbocycles. The molecule has 0 fully saturated rings. The van der Waals surface area contributed by atoms with Gasteiger partial charge in [-0.2, -0.15) is 0 Å². The Morgan fingerprint density at radius 3 is 2.61 bits per heavy atom. The highest BCUT2D eigenvalue weighted by Gasteiger charge is 2.15. The first kappa shape index (κ1) is 19.9. The first-order valence-electron chi connectivity index (χ1n) is 8.87. The summed E-state index contributed by atoms with van der Waals surface area (Å²) in [4.78, 5) is 36.8. The third-order valence-corrected chi connectivity index (χ3v) is 5.19. The van der Waals surface area contributed by atoms with Crippen LogP contribution in [0.5, 0.6) is 0 Å². The number of anilines is 1. The highest BCUT2D eigenvalue weighted by atomic mass is 32.2. The average molecular weight is 401 g/mol. The summed E-state index contributed by atoms with van der Waals surface area (Å²) >= 11 is 1.58. The zero-order valence-corrected chi connectivity index (χ0v) is 15.9. The van der Waals surface area contributed by atoms with E-state index in [2.05, 4.69) is 16.0 Å². The van der Waals surface area contributed by atoms with Crippen LogP contribution in [0.25, 0.3) is 0 Å². The van der Waals surface area contributed by atoms with Gasteiger partial charge in [0.15, 0.2) is 0 Å². The van der Waals surface area contributed by atoms with Crippen LogP contribution in [0, 0.1) is 5.82 Å². The number of thioether (sulfide) groups is 1. The minimum absolute atomic E-state index is 0.0623. The molecule has 0 saturated carbocycles. The van der Waals surface area contributed by atoms with Crippen LogP contribution in [0.1, 0.15) is 22.3 Å². The minimum atomic E-state index is -0.345. The number of fused-ring (bicyclic) bond motifs is 1. The average Bonchev–Trinajstić information content (AvgIpc) is 2.86. The summed E-state index contributed by atoms with van der Waals surface area (Å²) in [5.41, 5.74) is 1.81. The number of hydrogen-bond donors (Lipinski definition) is 3. The summed E-state index contributed by atoms with van der Waals surface area (Å²) in [6, 6.07) is 10.9. The standard InChI is InChI=1S/C20H20FN3O3S/c21-15-4-1-13(2-5-15)11-19(26)22-8-9-23-20(27)14-3-6-17-16(12-14)24-18(25)7-10-28-17/h1-6,12H,7-11H2,(H,22,26)(H,23,27)(H,24,25). The summed E-state index contributed by atoms with van der Waals surface area (Å²) in [5.74, 6) is -0.178. The molecule has 8 heteroatoms. The fourth-order valence-electron chi connectivity index (χ4n) is 2.69. The molecule has 0 spiro atoms. The molecule has 0 radical (unpaired) electrons. The summed E-state index contributed by atoms with van der Waals surface area (Å²) in [6.07, 6.45) is 0.592. The van der Waals surface area contributed by atoms with E-state index in [0.717, 1.165) is 4.90 Å². The van der Waals surface area contributed by atoms with E-state index < -0.39 is 0 Å². The molecule has 3 N–H and O–H groups in total. The van der Waals surface area contributed by atoms with E-state index in [1.165, 1.54) is 12.1 Å². The molecule has 1 heterocycles. The molecule has 28 heavy (non-hydrogen) atoms. The van der Waals surface area contributed by atoms with Gasteiger partial charge in [-0.15, -0.1) is 11.8 Å². The Hall–Kier alpha value is -2.87. The van der Waals surface area contributed by atoms with E-state index >= 15 is 0 Å². The Morgan fingerprint density at radius 2 is 1.82 bits per heavy atom. The number of halogens is 1. The number of nitrogens with one attached hydrogen (secondary N) is 3. The van der Waals surface area contributed by atoms with Crippen LogP contribution in [-0.4, -0.2) is 36.6 Å². The van der Waals surface area contributed by atoms with Crippen molar-refractivity contribution >= 4 is 35.2 Å². The molecular weight excluding hydrogens is 381 g/mol. The molecule has 0 saturated heterocycles. The predicted octanol–water partition coefficient (Wildman–Crippen LogP) is 2.35. The predicted molar refractivity (Wildman–Crippen MR) is 106 cm³/mol. The van der Waals surface area contributed by atoms with E-state index in [1.807, 2.05) is 6.07 Å². The molecule has 146 valence electrons. The smallest absolute Gasteiger partial charge is 0.251 e. The molecule has 1 aliphatic heterocycles. The number of benzene rings is 2. The fraction of sp³-hybridized carbons (Fsp3) is 0.250. The lowest BCUT2D eigenvalue weighted by atomic mass is 10.1. The maximum absolute atomic E-state index is 12.9. The number of hydrogen-bond acceptors (Lipinski definition) is 4. The minimum Gasteiger partial charge on any atom is -0.354 e. The zero-order chi connectivity index (χ0) is 19.9. The molecule has 0 atom stereocenters. The van der Waals surface area contributed by atoms with Crippen LogP contribution >= 0.6 is 11.8 Å². The number of amides is 3. The van der Waals surface area contributed by atoms with Crippen molar-refractivity contribution in [1.29, 1.82) is 0 Å². The lowest BCUT2D eigenvalue weighted by molar-refractivity contribution is -0.120. The van der Waals surface area contributed by atoms with Crippen molar-refractivity contribution in [3.63, 3.8) is 0 Å². The zero-order valence-electron chi connectivity index (χ0n) is 15.1. The number of carbonyl (C=O) groups is 3. The Bertz CT molecular complexity index is 887. The van der Waals surface area contributed by atoms with E-state index in [4.69, 9.17) is 0 Å². The first-order chi connectivity index (χ1) is 13.5. The second-order valence-corrected chi connectivity index (χ2v) is 7.40. The summed E-state index contributed by atoms with van der Waals surface area (Å²) in [5, 5.41) is 8.25. The van der Waals surface area contributed by atoms with Crippen molar-refractivity contribution < 1.29 is 18.8 Å². The molecule has 2 aromatic rings. The van der Waals surface area contributed by atoms with Gasteiger partial charge in [-0.05, 0) is 35.9 Å². The fourth-order valence-corrected chi connectivity index (χ4v) is 3.63. The van der Waals surface area contributed by atoms with Gasteiger partial charge in [0, 0.05) is 35.7 Å². The summed E-state index contributed by atoms with van der Waals surface area (Å²) in [7, 11) is 0. The van der Waals surface area contributed by atoms with Crippen molar-refractivity contribution in [1.82, 2.24) is 10.6 Å². The quantitative estimate of drug-likeness (QED) is 0.649. The molecule has 0 bridgehead atoms. The van der Waals surface area contributed by atoms with Crippen molar-refractivity contribution in [3.05, 3.63) is 59.4 Å². The van der Waals surface area contributed by atoms with Gasteiger partial charge in [-0.3, -0.25) is 14.4 Å². The molecule has 3 rings (SSSR count). The van der Waals surface area contributed by atoms with Crippen LogP contribution < -0.4 is 16.0 Å². The monoisotopic (exact) mass is 401 g/mol. The van der Waals surface area contributed by atoms with Gasteiger partial charge in [-0.25, -0.2) is 4.39 Å². The lowest BCUT2D eigenvalue weighted by Crippen LogP contribution is -2.35. The van der Waals surface area contributed by atoms with E-state index in [9.17, 15) is 18.8 Å². The Balaban J connectivity index is 1.45. The Labute approximate surface area is 166 Å². The van der Waals surface area contributed by atoms with Crippen molar-refractivity contribution in [2.45, 2.75) is 17.7 Å². The third kappa shape index (κ3) is 5.56. The van der Waals surface area contributed by atoms with Crippen molar-refractivity contribution in [3.8, 4) is 0 Å². The maximum Gasteiger partial charge on any atom is 0.251 e. The third-order valence-electron chi connectivity index (χ3n) is 4.11. The Kier molecular flexibility index (Phi) is 6.65. The lowest BCUT2D eigenvalue weighted by Gasteiger charge is -2.10. The van der Waals surface area contributed by atoms with Crippen LogP contribution in [0.2, 0.25) is 0 Å². The second kappa shape index (κ2) is 9.36. The van der Waals surface area contributed by atoms with Gasteiger partial charge in [0.1, 0.15) is 5.82 Å². The SMILES string of the molecule is O=C(Cc1ccc(F)cc1)NCCNC(=O)c1ccc2c(c1)NC(=O)CCS2. The molecule has 3 amide bonds. The number of rotatable bonds is 6. The van der Waals surface area contributed by atoms with Gasteiger partial charge >= 0.3 is 0 Å². The largest absolute Gasteiger partial charge is 0.354 e. The van der Waals surface area contributed by atoms with E-state index in [-0.39, 0.29) is 43.0 Å². The molecule has 2 aromatic carbocycles. The first-order valence-corrected chi connectivity index (χ1v) is 9.86. The number of carbonyl (C=O) groups excluding carboxylic acids is 3. The maximum atomic E-state index is 12.9. The van der Waals surface area contributed by atoms with Crippen LogP contribution in [0.3, 0.4) is 0 Å². The van der Waals surface area contributed by atoms with Gasteiger partial charge in [0.05, 0.1) is 12.1 Å². The summed E-state index contributed by atoms with van der Waals surface area (Å²) in [6.45, 7) is 0.551. The highest BCUT2D eigenvalue weighted by Crippen LogP contribution is 2.31. The highest BCUT2D eigenvalue weighted by molar-refractivity contribution is 7.99. The van der Waals surface area contributed by atoms with Crippen LogP contribution in [0.4, 0.5) is 10.1 Å². The molecular formula is C20H20FN3O3S. The normalized spacial score (nSPS) is 13.1. The van der Waals surface area contributed by atoms with Crippen LogP contribution in [-0.2, 0) is 16.0 Å². The van der Waals surface area contributed by atoms with Gasteiger partial charge in [0.25, 0.3) is 5.91 Å². The topological polar surface area (TPSA) is 87.3 Å². The Morgan fingerprint density at radius 1 is 1.07 bits per heavy atom. The van der Waals surface area contributed by atoms with Crippen molar-refractivity contribution in [2.24, 2.45) is 0 Å². The molecule has 1 aliphatic rings. The van der Waals surface area contributed by atoms with Gasteiger partial charge in [0.2, 0.25) is 11.8 Å². The van der Waals surface area contributed by atoms with E-state index in [0.29, 0.717) is 29.0 Å². The summed E-state index contributed by atoms with van der Waals surface area (Å²) < 4.78 is 12.9.